The molecular formula is C31H34FN3O2. The molecule has 1 aliphatic heterocycles. The Labute approximate surface area is 218 Å². The number of carbonyl (C=O) groups excluding carboxylic acids is 2. The number of halogens is 1. The number of aryl methyl sites for hydroxylation is 2. The first-order chi connectivity index (χ1) is 18.0. The van der Waals surface area contributed by atoms with Crippen LogP contribution >= 0.6 is 0 Å². The van der Waals surface area contributed by atoms with Crippen molar-refractivity contribution in [3.8, 4) is 0 Å². The van der Waals surface area contributed by atoms with Gasteiger partial charge in [-0.2, -0.15) is 0 Å². The minimum Gasteiger partial charge on any atom is -0.352 e. The second kappa shape index (κ2) is 11.7. The van der Waals surface area contributed by atoms with Crippen LogP contribution in [0.3, 0.4) is 0 Å². The predicted molar refractivity (Wildman–Crippen MR) is 144 cm³/mol. The maximum atomic E-state index is 13.4. The number of hydrogen-bond acceptors (Lipinski definition) is 3. The first-order valence-electron chi connectivity index (χ1n) is 13.2. The van der Waals surface area contributed by atoms with Crippen molar-refractivity contribution in [2.75, 3.05) is 25.0 Å². The van der Waals surface area contributed by atoms with Gasteiger partial charge in [0.15, 0.2) is 0 Å². The lowest BCUT2D eigenvalue weighted by Crippen LogP contribution is -2.49. The van der Waals surface area contributed by atoms with E-state index in [1.54, 1.807) is 12.1 Å². The third-order valence-corrected chi connectivity index (χ3v) is 7.57. The fourth-order valence-corrected chi connectivity index (χ4v) is 5.51. The van der Waals surface area contributed by atoms with E-state index in [1.807, 2.05) is 24.3 Å². The Bertz CT molecular complexity index is 1230. The highest BCUT2D eigenvalue weighted by atomic mass is 19.1. The highest BCUT2D eigenvalue weighted by Crippen LogP contribution is 2.27. The zero-order valence-corrected chi connectivity index (χ0v) is 21.1. The summed E-state index contributed by atoms with van der Waals surface area (Å²) < 4.78 is 13.2. The van der Waals surface area contributed by atoms with Crippen molar-refractivity contribution in [3.63, 3.8) is 0 Å². The van der Waals surface area contributed by atoms with Gasteiger partial charge in [-0.25, -0.2) is 4.39 Å². The largest absolute Gasteiger partial charge is 0.352 e. The molecular weight excluding hydrogens is 465 g/mol. The first kappa shape index (κ1) is 25.2. The van der Waals surface area contributed by atoms with Crippen molar-refractivity contribution in [1.29, 1.82) is 0 Å². The van der Waals surface area contributed by atoms with E-state index in [1.165, 1.54) is 35.2 Å². The van der Waals surface area contributed by atoms with Gasteiger partial charge in [0, 0.05) is 31.9 Å². The van der Waals surface area contributed by atoms with Crippen molar-refractivity contribution in [1.82, 2.24) is 10.2 Å². The van der Waals surface area contributed by atoms with Gasteiger partial charge in [-0.3, -0.25) is 9.59 Å². The smallest absolute Gasteiger partial charge is 0.228 e. The van der Waals surface area contributed by atoms with E-state index in [4.69, 9.17) is 0 Å². The summed E-state index contributed by atoms with van der Waals surface area (Å²) in [4.78, 5) is 28.8. The number of rotatable bonds is 8. The minimum atomic E-state index is -0.298. The molecule has 3 aromatic carbocycles. The number of nitrogens with zero attached hydrogens (tertiary/aromatic N) is 1. The average molecular weight is 500 g/mol. The van der Waals surface area contributed by atoms with Crippen LogP contribution in [0, 0.1) is 17.7 Å². The van der Waals surface area contributed by atoms with Crippen LogP contribution in [0.15, 0.2) is 72.8 Å². The lowest BCUT2D eigenvalue weighted by Gasteiger charge is -2.36. The molecule has 5 rings (SSSR count). The van der Waals surface area contributed by atoms with Crippen LogP contribution in [0.1, 0.15) is 35.1 Å². The molecule has 1 fully saturated rings. The number of benzene rings is 3. The fourth-order valence-electron chi connectivity index (χ4n) is 5.51. The van der Waals surface area contributed by atoms with Gasteiger partial charge in [0.1, 0.15) is 5.82 Å². The molecule has 0 radical (unpaired) electrons. The van der Waals surface area contributed by atoms with E-state index in [0.717, 1.165) is 37.1 Å². The molecule has 2 atom stereocenters. The average Bonchev–Trinajstić information content (AvgIpc) is 3.40. The number of carbonyl (C=O) groups is 2. The summed E-state index contributed by atoms with van der Waals surface area (Å²) in [5.74, 6) is -0.962. The molecule has 37 heavy (non-hydrogen) atoms. The van der Waals surface area contributed by atoms with Crippen LogP contribution in [0.2, 0.25) is 0 Å². The van der Waals surface area contributed by atoms with Gasteiger partial charge in [0.05, 0.1) is 11.8 Å². The summed E-state index contributed by atoms with van der Waals surface area (Å²) in [6.07, 6.45) is 4.71. The molecule has 0 spiro atoms. The zero-order chi connectivity index (χ0) is 25.6. The first-order valence-corrected chi connectivity index (χ1v) is 13.2. The molecule has 0 unspecified atom stereocenters. The summed E-state index contributed by atoms with van der Waals surface area (Å²) in [6, 6.07) is 22.6. The van der Waals surface area contributed by atoms with Crippen molar-refractivity contribution >= 4 is 17.5 Å². The summed E-state index contributed by atoms with van der Waals surface area (Å²) >= 11 is 0. The van der Waals surface area contributed by atoms with Crippen LogP contribution in [-0.4, -0.2) is 36.3 Å². The maximum absolute atomic E-state index is 13.4. The van der Waals surface area contributed by atoms with Crippen molar-refractivity contribution in [2.45, 2.75) is 38.6 Å². The number of fused-ring (bicyclic) bond motifs is 1. The van der Waals surface area contributed by atoms with Gasteiger partial charge < -0.3 is 15.5 Å². The van der Waals surface area contributed by atoms with Gasteiger partial charge in [-0.05, 0) is 78.6 Å². The number of anilines is 1. The van der Waals surface area contributed by atoms with Crippen LogP contribution in [0.4, 0.5) is 10.1 Å². The summed E-state index contributed by atoms with van der Waals surface area (Å²) in [5, 5.41) is 6.13. The molecule has 0 saturated carbocycles. The standard InChI is InChI=1S/C31H34FN3O2/c32-28-12-9-23(10-13-28)19-33-30(36)26-17-27(21-35(20-26)16-15-22-5-2-1-3-6-22)31(37)34-29-14-11-24-7-4-8-25(24)18-29/h1-3,5-6,9-14,18,26-27H,4,7-8,15-17,19-21H2,(H,33,36)(H,34,37)/t26-,27+/m0/s1. The van der Waals surface area contributed by atoms with Crippen LogP contribution in [0.5, 0.6) is 0 Å². The number of hydrogen-bond donors (Lipinski definition) is 2. The number of amides is 2. The maximum Gasteiger partial charge on any atom is 0.228 e. The van der Waals surface area contributed by atoms with Crippen LogP contribution < -0.4 is 10.6 Å². The zero-order valence-electron chi connectivity index (χ0n) is 21.1. The second-order valence-corrected chi connectivity index (χ2v) is 10.3. The van der Waals surface area contributed by atoms with E-state index in [0.29, 0.717) is 26.1 Å². The molecule has 3 aromatic rings. The van der Waals surface area contributed by atoms with E-state index in [2.05, 4.69) is 39.8 Å². The molecule has 1 heterocycles. The highest BCUT2D eigenvalue weighted by Gasteiger charge is 2.35. The van der Waals surface area contributed by atoms with E-state index >= 15 is 0 Å². The molecule has 2 aliphatic rings. The number of nitrogens with one attached hydrogen (secondary N) is 2. The quantitative estimate of drug-likeness (QED) is 0.470. The third kappa shape index (κ3) is 6.63. The van der Waals surface area contributed by atoms with E-state index < -0.39 is 0 Å². The monoisotopic (exact) mass is 499 g/mol. The van der Waals surface area contributed by atoms with Gasteiger partial charge in [-0.1, -0.05) is 48.5 Å². The molecule has 2 N–H and O–H groups in total. The molecule has 1 saturated heterocycles. The molecule has 192 valence electrons. The summed E-state index contributed by atoms with van der Waals surface area (Å²) in [5.41, 5.74) is 5.62. The highest BCUT2D eigenvalue weighted by molar-refractivity contribution is 5.93. The molecule has 0 bridgehead atoms. The van der Waals surface area contributed by atoms with Crippen molar-refractivity contribution in [3.05, 3.63) is 101 Å². The summed E-state index contributed by atoms with van der Waals surface area (Å²) in [7, 11) is 0. The van der Waals surface area contributed by atoms with E-state index in [9.17, 15) is 14.0 Å². The second-order valence-electron chi connectivity index (χ2n) is 10.3. The Balaban J connectivity index is 1.25. The lowest BCUT2D eigenvalue weighted by molar-refractivity contribution is -0.130. The molecule has 5 nitrogen and oxygen atoms in total. The Morgan fingerprint density at radius 3 is 2.35 bits per heavy atom. The van der Waals surface area contributed by atoms with Crippen molar-refractivity contribution < 1.29 is 14.0 Å². The van der Waals surface area contributed by atoms with Gasteiger partial charge in [0.25, 0.3) is 0 Å². The molecule has 6 heteroatoms. The SMILES string of the molecule is O=C(NCc1ccc(F)cc1)[C@H]1C[C@@H](C(=O)Nc2ccc3c(c2)CCC3)CN(CCc2ccccc2)C1. The van der Waals surface area contributed by atoms with Gasteiger partial charge in [-0.15, -0.1) is 0 Å². The Hall–Kier alpha value is -3.51. The molecule has 0 aromatic heterocycles. The third-order valence-electron chi connectivity index (χ3n) is 7.57. The topological polar surface area (TPSA) is 61.4 Å². The minimum absolute atomic E-state index is 0.0290. The number of piperidine rings is 1. The van der Waals surface area contributed by atoms with E-state index in [-0.39, 0.29) is 29.5 Å². The fraction of sp³-hybridized carbons (Fsp3) is 0.355. The summed E-state index contributed by atoms with van der Waals surface area (Å²) in [6.45, 7) is 2.37. The van der Waals surface area contributed by atoms with Crippen LogP contribution in [0.25, 0.3) is 0 Å². The normalized spacial score (nSPS) is 19.3. The Morgan fingerprint density at radius 1 is 0.838 bits per heavy atom. The Morgan fingerprint density at radius 2 is 1.57 bits per heavy atom. The van der Waals surface area contributed by atoms with Crippen LogP contribution in [-0.2, 0) is 35.4 Å². The molecule has 1 aliphatic carbocycles. The Kier molecular flexibility index (Phi) is 7.95. The predicted octanol–water partition coefficient (Wildman–Crippen LogP) is 4.75. The van der Waals surface area contributed by atoms with Gasteiger partial charge in [0.2, 0.25) is 11.8 Å². The van der Waals surface area contributed by atoms with Crippen molar-refractivity contribution in [2.24, 2.45) is 11.8 Å². The van der Waals surface area contributed by atoms with Gasteiger partial charge >= 0.3 is 0 Å². The molecule has 2 amide bonds. The number of likely N-dealkylation sites (tertiary alicyclic amines) is 1. The lowest BCUT2D eigenvalue weighted by atomic mass is 9.87.